The Morgan fingerprint density at radius 1 is 0.722 bits per heavy atom. The number of hydrogen-bond acceptors (Lipinski definition) is 3. The number of rotatable bonds is 14. The maximum atomic E-state index is 5.98. The molecular formula is C32H39ClN2O. The predicted octanol–water partition coefficient (Wildman–Crippen LogP) is 7.28. The number of nitrogens with one attached hydrogen (secondary N) is 2. The minimum atomic E-state index is 0.622. The van der Waals surface area contributed by atoms with Gasteiger partial charge in [0.1, 0.15) is 12.4 Å². The van der Waals surface area contributed by atoms with Crippen LogP contribution >= 0.6 is 11.6 Å². The Balaban J connectivity index is 1.32. The van der Waals surface area contributed by atoms with Crippen LogP contribution in [0.4, 0.5) is 0 Å². The summed E-state index contributed by atoms with van der Waals surface area (Å²) in [6.45, 7) is 8.61. The third kappa shape index (κ3) is 10.5. The fraction of sp³-hybridized carbons (Fsp3) is 0.375. The summed E-state index contributed by atoms with van der Waals surface area (Å²) in [5, 5.41) is 7.74. The van der Waals surface area contributed by atoms with Crippen LogP contribution in [0.15, 0.2) is 66.7 Å². The van der Waals surface area contributed by atoms with E-state index >= 15 is 0 Å². The zero-order valence-corrected chi connectivity index (χ0v) is 22.5. The van der Waals surface area contributed by atoms with Crippen molar-refractivity contribution in [1.82, 2.24) is 10.6 Å². The molecule has 0 bridgehead atoms. The molecule has 3 aromatic carbocycles. The highest BCUT2D eigenvalue weighted by molar-refractivity contribution is 6.30. The molecule has 0 atom stereocenters. The number of unbranched alkanes of at least 4 members (excludes halogenated alkanes) is 4. The third-order valence-electron chi connectivity index (χ3n) is 6.05. The first kappa shape index (κ1) is 27.8. The van der Waals surface area contributed by atoms with Gasteiger partial charge in [-0.15, -0.1) is 0 Å². The molecule has 0 aromatic heterocycles. The van der Waals surface area contributed by atoms with Crippen LogP contribution in [-0.2, 0) is 13.1 Å². The van der Waals surface area contributed by atoms with Gasteiger partial charge in [-0.1, -0.05) is 80.3 Å². The molecule has 3 rings (SSSR count). The minimum Gasteiger partial charge on any atom is -0.492 e. The molecule has 0 spiro atoms. The number of benzene rings is 3. The fourth-order valence-electron chi connectivity index (χ4n) is 3.89. The smallest absolute Gasteiger partial charge is 0.122 e. The second-order valence-corrected chi connectivity index (χ2v) is 9.61. The normalized spacial score (nSPS) is 10.6. The van der Waals surface area contributed by atoms with Crippen molar-refractivity contribution >= 4 is 11.6 Å². The second-order valence-electron chi connectivity index (χ2n) is 9.17. The molecule has 0 radical (unpaired) electrons. The van der Waals surface area contributed by atoms with Gasteiger partial charge in [0.05, 0.1) is 0 Å². The van der Waals surface area contributed by atoms with Crippen LogP contribution in [0.25, 0.3) is 0 Å². The van der Waals surface area contributed by atoms with E-state index in [1.165, 1.54) is 43.2 Å². The molecule has 3 nitrogen and oxygen atoms in total. The van der Waals surface area contributed by atoms with E-state index in [9.17, 15) is 0 Å². The lowest BCUT2D eigenvalue weighted by atomic mass is 10.1. The zero-order chi connectivity index (χ0) is 25.4. The number of ether oxygens (including phenoxy) is 1. The summed E-state index contributed by atoms with van der Waals surface area (Å²) in [7, 11) is 0. The molecule has 36 heavy (non-hydrogen) atoms. The molecule has 2 N–H and O–H groups in total. The molecule has 0 aliphatic carbocycles. The van der Waals surface area contributed by atoms with Crippen LogP contribution in [-0.4, -0.2) is 19.7 Å². The molecule has 0 saturated heterocycles. The van der Waals surface area contributed by atoms with E-state index in [0.717, 1.165) is 53.6 Å². The minimum absolute atomic E-state index is 0.622. The molecule has 0 aliphatic heterocycles. The van der Waals surface area contributed by atoms with Gasteiger partial charge in [-0.25, -0.2) is 0 Å². The predicted molar refractivity (Wildman–Crippen MR) is 153 cm³/mol. The molecule has 4 heteroatoms. The standard InChI is InChI=1S/C32H39ClN2O/c1-3-4-5-6-7-20-34-24-29-10-12-30(13-11-29)25-35-21-22-36-32-19-16-28(23-26(32)2)9-8-27-14-17-31(33)18-15-27/h10-19,23,34-35H,3-7,20-22,24-25H2,1-2H3. The Kier molecular flexibility index (Phi) is 12.4. The van der Waals surface area contributed by atoms with Gasteiger partial charge in [0, 0.05) is 35.8 Å². The molecular weight excluding hydrogens is 464 g/mol. The van der Waals surface area contributed by atoms with Gasteiger partial charge in [0.25, 0.3) is 0 Å². The number of halogens is 1. The molecule has 0 fully saturated rings. The Bertz CT molecular complexity index is 1100. The van der Waals surface area contributed by atoms with Crippen LogP contribution in [0.1, 0.15) is 66.8 Å². The van der Waals surface area contributed by atoms with Crippen molar-refractivity contribution in [2.24, 2.45) is 0 Å². The van der Waals surface area contributed by atoms with Gasteiger partial charge in [-0.3, -0.25) is 0 Å². The average molecular weight is 503 g/mol. The van der Waals surface area contributed by atoms with Crippen molar-refractivity contribution in [2.45, 2.75) is 59.0 Å². The number of aryl methyl sites for hydroxylation is 1. The molecule has 0 aliphatic rings. The van der Waals surface area contributed by atoms with Crippen molar-refractivity contribution < 1.29 is 4.74 Å². The maximum Gasteiger partial charge on any atom is 0.122 e. The lowest BCUT2D eigenvalue weighted by molar-refractivity contribution is 0.311. The fourth-order valence-corrected chi connectivity index (χ4v) is 4.02. The van der Waals surface area contributed by atoms with E-state index in [2.05, 4.69) is 66.7 Å². The monoisotopic (exact) mass is 502 g/mol. The Labute approximate surface area is 222 Å². The lowest BCUT2D eigenvalue weighted by Gasteiger charge is -2.11. The SMILES string of the molecule is CCCCCCCNCc1ccc(CNCCOc2ccc(C#Cc3ccc(Cl)cc3)cc2C)cc1. The summed E-state index contributed by atoms with van der Waals surface area (Å²) < 4.78 is 5.98. The van der Waals surface area contributed by atoms with Crippen molar-refractivity contribution in [3.8, 4) is 17.6 Å². The van der Waals surface area contributed by atoms with Gasteiger partial charge in [-0.2, -0.15) is 0 Å². The highest BCUT2D eigenvalue weighted by atomic mass is 35.5. The average Bonchev–Trinajstić information content (AvgIpc) is 2.89. The van der Waals surface area contributed by atoms with E-state index in [1.54, 1.807) is 0 Å². The molecule has 0 amide bonds. The summed E-state index contributed by atoms with van der Waals surface area (Å²) in [6, 6.07) is 22.5. The Hall–Kier alpha value is -2.77. The second kappa shape index (κ2) is 16.1. The Morgan fingerprint density at radius 2 is 1.33 bits per heavy atom. The van der Waals surface area contributed by atoms with Crippen LogP contribution < -0.4 is 15.4 Å². The van der Waals surface area contributed by atoms with E-state index in [0.29, 0.717) is 6.61 Å². The maximum absolute atomic E-state index is 5.98. The highest BCUT2D eigenvalue weighted by Gasteiger charge is 2.01. The summed E-state index contributed by atoms with van der Waals surface area (Å²) in [5.74, 6) is 7.28. The molecule has 0 heterocycles. The zero-order valence-electron chi connectivity index (χ0n) is 21.7. The van der Waals surface area contributed by atoms with Crippen molar-refractivity contribution in [3.05, 3.63) is 99.6 Å². The van der Waals surface area contributed by atoms with Gasteiger partial charge in [0.2, 0.25) is 0 Å². The molecule has 3 aromatic rings. The lowest BCUT2D eigenvalue weighted by Crippen LogP contribution is -2.20. The topological polar surface area (TPSA) is 33.3 Å². The summed E-state index contributed by atoms with van der Waals surface area (Å²) in [5.41, 5.74) is 5.63. The largest absolute Gasteiger partial charge is 0.492 e. The number of hydrogen-bond donors (Lipinski definition) is 2. The van der Waals surface area contributed by atoms with E-state index in [1.807, 2.05) is 36.4 Å². The third-order valence-corrected chi connectivity index (χ3v) is 6.30. The van der Waals surface area contributed by atoms with Gasteiger partial charge in [-0.05, 0) is 79.0 Å². The van der Waals surface area contributed by atoms with Crippen LogP contribution in [0.2, 0.25) is 5.02 Å². The van der Waals surface area contributed by atoms with Crippen LogP contribution in [0.5, 0.6) is 5.75 Å². The van der Waals surface area contributed by atoms with Crippen LogP contribution in [0, 0.1) is 18.8 Å². The van der Waals surface area contributed by atoms with E-state index < -0.39 is 0 Å². The van der Waals surface area contributed by atoms with Gasteiger partial charge < -0.3 is 15.4 Å². The first-order valence-electron chi connectivity index (χ1n) is 13.1. The van der Waals surface area contributed by atoms with Gasteiger partial charge >= 0.3 is 0 Å². The Morgan fingerprint density at radius 3 is 2.00 bits per heavy atom. The molecule has 190 valence electrons. The van der Waals surface area contributed by atoms with Crippen molar-refractivity contribution in [3.63, 3.8) is 0 Å². The van der Waals surface area contributed by atoms with E-state index in [-0.39, 0.29) is 0 Å². The quantitative estimate of drug-likeness (QED) is 0.179. The highest BCUT2D eigenvalue weighted by Crippen LogP contribution is 2.19. The first-order valence-corrected chi connectivity index (χ1v) is 13.5. The van der Waals surface area contributed by atoms with Crippen molar-refractivity contribution in [2.75, 3.05) is 19.7 Å². The summed E-state index contributed by atoms with van der Waals surface area (Å²) >= 11 is 5.93. The molecule has 0 saturated carbocycles. The first-order chi connectivity index (χ1) is 17.6. The summed E-state index contributed by atoms with van der Waals surface area (Å²) in [4.78, 5) is 0. The summed E-state index contributed by atoms with van der Waals surface area (Å²) in [6.07, 6.45) is 6.62. The molecule has 0 unspecified atom stereocenters. The van der Waals surface area contributed by atoms with Gasteiger partial charge in [0.15, 0.2) is 0 Å². The van der Waals surface area contributed by atoms with Crippen molar-refractivity contribution in [1.29, 1.82) is 0 Å². The van der Waals surface area contributed by atoms with E-state index in [4.69, 9.17) is 16.3 Å². The van der Waals surface area contributed by atoms with Crippen LogP contribution in [0.3, 0.4) is 0 Å².